The van der Waals surface area contributed by atoms with Gasteiger partial charge in [0.2, 0.25) is 5.88 Å². The number of unbranched alkanes of at least 4 members (excludes halogenated alkanes) is 2. The van der Waals surface area contributed by atoms with Crippen molar-refractivity contribution in [2.75, 3.05) is 13.7 Å². The second kappa shape index (κ2) is 7.23. The zero-order chi connectivity index (χ0) is 10.9. The second-order valence-corrected chi connectivity index (χ2v) is 3.55. The van der Waals surface area contributed by atoms with Crippen LogP contribution in [0.1, 0.15) is 31.7 Å². The third-order valence-electron chi connectivity index (χ3n) is 2.20. The Kier molecular flexibility index (Phi) is 5.78. The van der Waals surface area contributed by atoms with Gasteiger partial charge < -0.3 is 10.1 Å². The Hall–Kier alpha value is -1.09. The van der Waals surface area contributed by atoms with Crippen molar-refractivity contribution in [3.05, 3.63) is 23.9 Å². The molecule has 0 aliphatic carbocycles. The third kappa shape index (κ3) is 4.30. The van der Waals surface area contributed by atoms with E-state index in [4.69, 9.17) is 4.74 Å². The van der Waals surface area contributed by atoms with Crippen LogP contribution in [-0.4, -0.2) is 18.6 Å². The quantitative estimate of drug-likeness (QED) is 0.698. The summed E-state index contributed by atoms with van der Waals surface area (Å²) in [4.78, 5) is 4.23. The fourth-order valence-corrected chi connectivity index (χ4v) is 1.40. The van der Waals surface area contributed by atoms with E-state index in [-0.39, 0.29) is 0 Å². The molecule has 0 bridgehead atoms. The highest BCUT2D eigenvalue weighted by atomic mass is 16.5. The topological polar surface area (TPSA) is 34.1 Å². The first kappa shape index (κ1) is 12.0. The van der Waals surface area contributed by atoms with Crippen molar-refractivity contribution in [3.63, 3.8) is 0 Å². The van der Waals surface area contributed by atoms with Gasteiger partial charge in [0.25, 0.3) is 0 Å². The molecule has 0 amide bonds. The van der Waals surface area contributed by atoms with Crippen LogP contribution in [0, 0.1) is 0 Å². The minimum atomic E-state index is 0.765. The van der Waals surface area contributed by atoms with Crippen molar-refractivity contribution in [2.24, 2.45) is 0 Å². The van der Waals surface area contributed by atoms with Crippen molar-refractivity contribution in [3.8, 4) is 5.88 Å². The number of pyridine rings is 1. The second-order valence-electron chi connectivity index (χ2n) is 3.55. The highest BCUT2D eigenvalue weighted by Gasteiger charge is 2.02. The molecule has 0 aliphatic rings. The molecule has 1 heterocycles. The number of ether oxygens (including phenoxy) is 1. The van der Waals surface area contributed by atoms with E-state index in [2.05, 4.69) is 17.2 Å². The van der Waals surface area contributed by atoms with E-state index in [1.165, 1.54) is 12.8 Å². The van der Waals surface area contributed by atoms with E-state index in [9.17, 15) is 0 Å². The predicted octanol–water partition coefficient (Wildman–Crippen LogP) is 2.37. The molecule has 15 heavy (non-hydrogen) atoms. The van der Waals surface area contributed by atoms with Crippen molar-refractivity contribution in [2.45, 2.75) is 32.7 Å². The molecule has 0 aromatic carbocycles. The molecule has 3 nitrogen and oxygen atoms in total. The summed E-state index contributed by atoms with van der Waals surface area (Å²) >= 11 is 0. The largest absolute Gasteiger partial charge is 0.477 e. The van der Waals surface area contributed by atoms with Crippen LogP contribution in [0.2, 0.25) is 0 Å². The number of nitrogens with one attached hydrogen (secondary N) is 1. The Balaban J connectivity index is 2.44. The summed E-state index contributed by atoms with van der Waals surface area (Å²) < 4.78 is 5.64. The van der Waals surface area contributed by atoms with Crippen molar-refractivity contribution in [1.29, 1.82) is 0 Å². The van der Waals surface area contributed by atoms with Crippen LogP contribution < -0.4 is 10.1 Å². The summed E-state index contributed by atoms with van der Waals surface area (Å²) in [5, 5.41) is 3.11. The van der Waals surface area contributed by atoms with Gasteiger partial charge in [0.05, 0.1) is 6.61 Å². The summed E-state index contributed by atoms with van der Waals surface area (Å²) in [6, 6.07) is 3.98. The Morgan fingerprint density at radius 3 is 3.00 bits per heavy atom. The average molecular weight is 208 g/mol. The summed E-state index contributed by atoms with van der Waals surface area (Å²) in [6.45, 7) is 3.76. The van der Waals surface area contributed by atoms with Gasteiger partial charge in [0.15, 0.2) is 0 Å². The van der Waals surface area contributed by atoms with Crippen LogP contribution in [-0.2, 0) is 6.54 Å². The predicted molar refractivity (Wildman–Crippen MR) is 62.0 cm³/mol. The minimum Gasteiger partial charge on any atom is -0.477 e. The van der Waals surface area contributed by atoms with Gasteiger partial charge in [-0.05, 0) is 19.5 Å². The maximum absolute atomic E-state index is 5.64. The van der Waals surface area contributed by atoms with Gasteiger partial charge in [0.1, 0.15) is 0 Å². The first-order chi connectivity index (χ1) is 7.38. The van der Waals surface area contributed by atoms with Crippen LogP contribution in [0.4, 0.5) is 0 Å². The molecule has 1 rings (SSSR count). The molecule has 1 N–H and O–H groups in total. The highest BCUT2D eigenvalue weighted by Crippen LogP contribution is 2.14. The fourth-order valence-electron chi connectivity index (χ4n) is 1.40. The van der Waals surface area contributed by atoms with Gasteiger partial charge >= 0.3 is 0 Å². The average Bonchev–Trinajstić information content (AvgIpc) is 2.27. The van der Waals surface area contributed by atoms with Crippen LogP contribution in [0.25, 0.3) is 0 Å². The number of nitrogens with zero attached hydrogens (tertiary/aromatic N) is 1. The Bertz CT molecular complexity index is 276. The number of hydrogen-bond donors (Lipinski definition) is 1. The van der Waals surface area contributed by atoms with E-state index in [1.807, 2.05) is 19.2 Å². The van der Waals surface area contributed by atoms with Crippen LogP contribution in [0.15, 0.2) is 18.3 Å². The monoisotopic (exact) mass is 208 g/mol. The zero-order valence-corrected chi connectivity index (χ0v) is 9.62. The number of hydrogen-bond acceptors (Lipinski definition) is 3. The van der Waals surface area contributed by atoms with Crippen LogP contribution in [0.5, 0.6) is 5.88 Å². The molecule has 0 saturated heterocycles. The van der Waals surface area contributed by atoms with Crippen LogP contribution in [0.3, 0.4) is 0 Å². The molecule has 0 unspecified atom stereocenters. The number of rotatable bonds is 7. The van der Waals surface area contributed by atoms with E-state index in [1.54, 1.807) is 6.20 Å². The molecule has 0 spiro atoms. The molecule has 0 atom stereocenters. The lowest BCUT2D eigenvalue weighted by molar-refractivity contribution is 0.291. The molecule has 0 fully saturated rings. The normalized spacial score (nSPS) is 10.3. The van der Waals surface area contributed by atoms with Gasteiger partial charge in [-0.25, -0.2) is 4.98 Å². The molecule has 84 valence electrons. The van der Waals surface area contributed by atoms with Gasteiger partial charge in [0, 0.05) is 18.3 Å². The van der Waals surface area contributed by atoms with Crippen molar-refractivity contribution < 1.29 is 4.74 Å². The fraction of sp³-hybridized carbons (Fsp3) is 0.583. The molecular formula is C12H20N2O. The first-order valence-electron chi connectivity index (χ1n) is 5.59. The van der Waals surface area contributed by atoms with E-state index < -0.39 is 0 Å². The molecule has 0 radical (unpaired) electrons. The lowest BCUT2D eigenvalue weighted by Gasteiger charge is -2.09. The standard InChI is InChI=1S/C12H20N2O/c1-3-4-5-9-15-12-11(10-13-2)7-6-8-14-12/h6-8,13H,3-5,9-10H2,1-2H3. The lowest BCUT2D eigenvalue weighted by atomic mass is 10.2. The molecule has 0 saturated carbocycles. The SMILES string of the molecule is CCCCCOc1ncccc1CNC. The molecule has 3 heteroatoms. The smallest absolute Gasteiger partial charge is 0.217 e. The molecular weight excluding hydrogens is 188 g/mol. The van der Waals surface area contributed by atoms with Crippen molar-refractivity contribution in [1.82, 2.24) is 10.3 Å². The van der Waals surface area contributed by atoms with Gasteiger partial charge in [-0.2, -0.15) is 0 Å². The Labute approximate surface area is 91.9 Å². The van der Waals surface area contributed by atoms with Gasteiger partial charge in [-0.15, -0.1) is 0 Å². The molecule has 0 aliphatic heterocycles. The maximum Gasteiger partial charge on any atom is 0.217 e. The lowest BCUT2D eigenvalue weighted by Crippen LogP contribution is -2.09. The van der Waals surface area contributed by atoms with E-state index >= 15 is 0 Å². The van der Waals surface area contributed by atoms with E-state index in [0.29, 0.717) is 0 Å². The Morgan fingerprint density at radius 2 is 2.27 bits per heavy atom. The first-order valence-corrected chi connectivity index (χ1v) is 5.59. The number of aromatic nitrogens is 1. The van der Waals surface area contributed by atoms with E-state index in [0.717, 1.165) is 31.0 Å². The summed E-state index contributed by atoms with van der Waals surface area (Å²) in [5.74, 6) is 0.767. The molecule has 1 aromatic heterocycles. The zero-order valence-electron chi connectivity index (χ0n) is 9.62. The summed E-state index contributed by atoms with van der Waals surface area (Å²) in [7, 11) is 1.92. The summed E-state index contributed by atoms with van der Waals surface area (Å²) in [5.41, 5.74) is 1.12. The van der Waals surface area contributed by atoms with Crippen LogP contribution >= 0.6 is 0 Å². The Morgan fingerprint density at radius 1 is 1.40 bits per heavy atom. The summed E-state index contributed by atoms with van der Waals surface area (Å²) in [6.07, 6.45) is 5.31. The minimum absolute atomic E-state index is 0.765. The van der Waals surface area contributed by atoms with Crippen molar-refractivity contribution >= 4 is 0 Å². The highest BCUT2D eigenvalue weighted by molar-refractivity contribution is 5.25. The van der Waals surface area contributed by atoms with Gasteiger partial charge in [-0.1, -0.05) is 25.8 Å². The molecule has 1 aromatic rings. The van der Waals surface area contributed by atoms with Gasteiger partial charge in [-0.3, -0.25) is 0 Å². The third-order valence-corrected chi connectivity index (χ3v) is 2.20. The maximum atomic E-state index is 5.64.